The molecule has 3 rings (SSSR count). The van der Waals surface area contributed by atoms with Gasteiger partial charge in [0, 0.05) is 44.8 Å². The number of likely N-dealkylation sites (tertiary alicyclic amines) is 1. The van der Waals surface area contributed by atoms with E-state index in [0.717, 1.165) is 49.7 Å². The summed E-state index contributed by atoms with van der Waals surface area (Å²) in [4.78, 5) is 6.92. The lowest BCUT2D eigenvalue weighted by Crippen LogP contribution is -2.48. The number of guanidine groups is 1. The van der Waals surface area contributed by atoms with Gasteiger partial charge in [0.1, 0.15) is 12.4 Å². The predicted octanol–water partition coefficient (Wildman–Crippen LogP) is 4.20. The fourth-order valence-electron chi connectivity index (χ4n) is 3.58. The third kappa shape index (κ3) is 7.65. The maximum atomic E-state index is 5.74. The van der Waals surface area contributed by atoms with Crippen molar-refractivity contribution in [2.75, 3.05) is 26.7 Å². The number of nitrogens with one attached hydrogen (secondary N) is 2. The van der Waals surface area contributed by atoms with E-state index >= 15 is 0 Å². The Morgan fingerprint density at radius 1 is 1.13 bits per heavy atom. The number of hydrogen-bond acceptors (Lipinski definition) is 3. The molecule has 1 saturated heterocycles. The molecule has 1 aliphatic rings. The van der Waals surface area contributed by atoms with Crippen LogP contribution in [0.4, 0.5) is 0 Å². The molecule has 0 spiro atoms. The van der Waals surface area contributed by atoms with Crippen molar-refractivity contribution in [3.8, 4) is 5.75 Å². The lowest BCUT2D eigenvalue weighted by Gasteiger charge is -2.33. The molecule has 2 aromatic rings. The number of hydrogen-bond donors (Lipinski definition) is 2. The van der Waals surface area contributed by atoms with Crippen LogP contribution in [0.5, 0.6) is 5.75 Å². The maximum Gasteiger partial charge on any atom is 0.191 e. The van der Waals surface area contributed by atoms with Crippen molar-refractivity contribution in [1.29, 1.82) is 0 Å². The average Bonchev–Trinajstić information content (AvgIpc) is 2.77. The summed E-state index contributed by atoms with van der Waals surface area (Å²) in [5.41, 5.74) is 2.49. The largest absolute Gasteiger partial charge is 0.489 e. The average molecular weight is 520 g/mol. The van der Waals surface area contributed by atoms with Crippen molar-refractivity contribution in [1.82, 2.24) is 15.5 Å². The Labute approximate surface area is 197 Å². The van der Waals surface area contributed by atoms with Crippen molar-refractivity contribution in [2.24, 2.45) is 4.99 Å². The summed E-state index contributed by atoms with van der Waals surface area (Å²) in [6, 6.07) is 19.2. The van der Waals surface area contributed by atoms with E-state index in [9.17, 15) is 0 Å². The number of aliphatic imine (C=N–C) groups is 1. The van der Waals surface area contributed by atoms with Gasteiger partial charge in [0.25, 0.3) is 0 Å². The van der Waals surface area contributed by atoms with Crippen LogP contribution < -0.4 is 15.4 Å². The topological polar surface area (TPSA) is 48.9 Å². The molecule has 0 saturated carbocycles. The van der Waals surface area contributed by atoms with Crippen LogP contribution in [0, 0.1) is 0 Å². The van der Waals surface area contributed by atoms with Gasteiger partial charge in [-0.2, -0.15) is 0 Å². The van der Waals surface area contributed by atoms with Gasteiger partial charge in [-0.25, -0.2) is 0 Å². The highest BCUT2D eigenvalue weighted by Crippen LogP contribution is 2.18. The van der Waals surface area contributed by atoms with E-state index in [1.807, 2.05) is 25.2 Å². The molecule has 2 aromatic carbocycles. The summed E-state index contributed by atoms with van der Waals surface area (Å²) in [7, 11) is 1.82. The van der Waals surface area contributed by atoms with Crippen LogP contribution in [0.2, 0.25) is 0 Å². The molecule has 0 unspecified atom stereocenters. The Hall–Kier alpha value is -2.06. The Bertz CT molecular complexity index is 789. The second-order valence-electron chi connectivity index (χ2n) is 7.31. The Morgan fingerprint density at radius 2 is 1.83 bits per heavy atom. The monoisotopic (exact) mass is 520 g/mol. The molecule has 0 aromatic heterocycles. The first-order valence-electron chi connectivity index (χ1n) is 10.3. The van der Waals surface area contributed by atoms with Crippen molar-refractivity contribution >= 4 is 29.9 Å². The lowest BCUT2D eigenvalue weighted by atomic mass is 10.0. The summed E-state index contributed by atoms with van der Waals surface area (Å²) >= 11 is 0. The minimum atomic E-state index is 0. The lowest BCUT2D eigenvalue weighted by molar-refractivity contribution is 0.198. The Kier molecular flexibility index (Phi) is 10.7. The fourth-order valence-corrected chi connectivity index (χ4v) is 3.58. The summed E-state index contributed by atoms with van der Waals surface area (Å²) in [6.45, 7) is 8.11. The molecule has 1 heterocycles. The molecule has 0 aliphatic carbocycles. The molecule has 5 nitrogen and oxygen atoms in total. The smallest absolute Gasteiger partial charge is 0.191 e. The molecule has 0 radical (unpaired) electrons. The van der Waals surface area contributed by atoms with Gasteiger partial charge in [0.2, 0.25) is 0 Å². The number of para-hydroxylation sites is 1. The van der Waals surface area contributed by atoms with Crippen LogP contribution in [-0.4, -0.2) is 43.6 Å². The van der Waals surface area contributed by atoms with Crippen LogP contribution >= 0.6 is 24.0 Å². The number of nitrogens with zero attached hydrogens (tertiary/aromatic N) is 2. The highest BCUT2D eigenvalue weighted by atomic mass is 127. The van der Waals surface area contributed by atoms with E-state index in [0.29, 0.717) is 19.2 Å². The van der Waals surface area contributed by atoms with Gasteiger partial charge in [0.05, 0.1) is 0 Å². The van der Waals surface area contributed by atoms with Gasteiger partial charge < -0.3 is 15.4 Å². The highest BCUT2D eigenvalue weighted by molar-refractivity contribution is 14.0. The summed E-state index contributed by atoms with van der Waals surface area (Å²) in [5.74, 6) is 1.72. The Balaban J connectivity index is 0.00000320. The zero-order valence-corrected chi connectivity index (χ0v) is 20.0. The van der Waals surface area contributed by atoms with Gasteiger partial charge in [-0.3, -0.25) is 9.89 Å². The normalized spacial score (nSPS) is 15.2. The summed E-state index contributed by atoms with van der Waals surface area (Å²) < 4.78 is 5.74. The summed E-state index contributed by atoms with van der Waals surface area (Å²) in [5, 5.41) is 7.00. The van der Waals surface area contributed by atoms with E-state index in [1.165, 1.54) is 5.56 Å². The van der Waals surface area contributed by atoms with Gasteiger partial charge in [-0.05, 0) is 24.5 Å². The highest BCUT2D eigenvalue weighted by Gasteiger charge is 2.20. The molecular formula is C24H33IN4O. The van der Waals surface area contributed by atoms with Gasteiger partial charge in [-0.15, -0.1) is 24.0 Å². The zero-order chi connectivity index (χ0) is 20.3. The molecule has 162 valence electrons. The number of piperidine rings is 1. The molecular weight excluding hydrogens is 487 g/mol. The van der Waals surface area contributed by atoms with E-state index in [-0.39, 0.29) is 24.0 Å². The van der Waals surface area contributed by atoms with E-state index < -0.39 is 0 Å². The molecule has 6 heteroatoms. The van der Waals surface area contributed by atoms with Crippen molar-refractivity contribution < 1.29 is 4.74 Å². The SMILES string of the molecule is C=CCOc1ccccc1CNC(=NC)NC1CCN(Cc2ccccc2)CC1.I. The van der Waals surface area contributed by atoms with Gasteiger partial charge >= 0.3 is 0 Å². The third-order valence-corrected chi connectivity index (χ3v) is 5.18. The van der Waals surface area contributed by atoms with Crippen LogP contribution in [0.3, 0.4) is 0 Å². The van der Waals surface area contributed by atoms with Crippen molar-refractivity contribution in [3.63, 3.8) is 0 Å². The third-order valence-electron chi connectivity index (χ3n) is 5.18. The predicted molar refractivity (Wildman–Crippen MR) is 136 cm³/mol. The second kappa shape index (κ2) is 13.3. The molecule has 2 N–H and O–H groups in total. The van der Waals surface area contributed by atoms with Gasteiger partial charge in [0.15, 0.2) is 5.96 Å². The molecule has 0 amide bonds. The number of halogens is 1. The molecule has 1 aliphatic heterocycles. The summed E-state index contributed by atoms with van der Waals surface area (Å²) in [6.07, 6.45) is 3.99. The second-order valence-corrected chi connectivity index (χ2v) is 7.31. The number of benzene rings is 2. The molecule has 30 heavy (non-hydrogen) atoms. The van der Waals surface area contributed by atoms with E-state index in [2.05, 4.69) is 63.5 Å². The van der Waals surface area contributed by atoms with E-state index in [4.69, 9.17) is 4.74 Å². The molecule has 0 atom stereocenters. The van der Waals surface area contributed by atoms with Crippen LogP contribution in [0.1, 0.15) is 24.0 Å². The molecule has 1 fully saturated rings. The van der Waals surface area contributed by atoms with E-state index in [1.54, 1.807) is 6.08 Å². The van der Waals surface area contributed by atoms with Crippen molar-refractivity contribution in [2.45, 2.75) is 32.0 Å². The maximum absolute atomic E-state index is 5.74. The fraction of sp³-hybridized carbons (Fsp3) is 0.375. The van der Waals surface area contributed by atoms with Crippen LogP contribution in [-0.2, 0) is 13.1 Å². The van der Waals surface area contributed by atoms with Crippen LogP contribution in [0.15, 0.2) is 72.2 Å². The van der Waals surface area contributed by atoms with Gasteiger partial charge in [-0.1, -0.05) is 61.2 Å². The number of rotatable bonds is 8. The quantitative estimate of drug-likeness (QED) is 0.237. The molecule has 0 bridgehead atoms. The first-order chi connectivity index (χ1) is 14.3. The standard InChI is InChI=1S/C24H32N4O.HI/c1-3-17-29-23-12-8-7-11-21(23)18-26-24(25-2)27-22-13-15-28(16-14-22)19-20-9-5-4-6-10-20;/h3-12,22H,1,13-19H2,2H3,(H2,25,26,27);1H. The minimum absolute atomic E-state index is 0. The van der Waals surface area contributed by atoms with Crippen molar-refractivity contribution in [3.05, 3.63) is 78.4 Å². The number of ether oxygens (including phenoxy) is 1. The zero-order valence-electron chi connectivity index (χ0n) is 17.7. The Morgan fingerprint density at radius 3 is 2.53 bits per heavy atom. The minimum Gasteiger partial charge on any atom is -0.489 e. The first kappa shape index (κ1) is 24.2. The first-order valence-corrected chi connectivity index (χ1v) is 10.3. The van der Waals surface area contributed by atoms with Crippen LogP contribution in [0.25, 0.3) is 0 Å².